The summed E-state index contributed by atoms with van der Waals surface area (Å²) in [6.45, 7) is -0.841. The van der Waals surface area contributed by atoms with Crippen molar-refractivity contribution in [3.8, 4) is 0 Å². The Balaban J connectivity index is 1.73. The number of non-ortho nitro benzene ring substituents is 1. The highest BCUT2D eigenvalue weighted by Gasteiger charge is 2.44. The number of hydrogen-bond acceptors (Lipinski definition) is 8. The molecule has 1 heterocycles. The Morgan fingerprint density at radius 1 is 1.26 bits per heavy atom. The number of carbonyl (C=O) groups is 2. The molecule has 1 aliphatic rings. The highest BCUT2D eigenvalue weighted by Crippen LogP contribution is 2.33. The molecular weight excluding hydrogens is 404 g/mol. The molecule has 1 fully saturated rings. The fourth-order valence-electron chi connectivity index (χ4n) is 3.25. The summed E-state index contributed by atoms with van der Waals surface area (Å²) in [4.78, 5) is 36.9. The molecule has 162 valence electrons. The molecule has 0 saturated carbocycles. The number of ether oxygens (including phenoxy) is 2. The first-order valence-electron chi connectivity index (χ1n) is 9.47. The molecule has 1 atom stereocenters. The van der Waals surface area contributed by atoms with Crippen LogP contribution in [0.25, 0.3) is 6.08 Å². The first-order valence-corrected chi connectivity index (χ1v) is 9.47. The van der Waals surface area contributed by atoms with Crippen LogP contribution in [0.3, 0.4) is 0 Å². The van der Waals surface area contributed by atoms with Crippen molar-refractivity contribution in [1.82, 2.24) is 0 Å². The van der Waals surface area contributed by atoms with E-state index in [2.05, 4.69) is 0 Å². The Hall–Kier alpha value is -3.72. The number of nitro groups is 1. The Morgan fingerprint density at radius 3 is 2.55 bits per heavy atom. The van der Waals surface area contributed by atoms with E-state index >= 15 is 0 Å². The van der Waals surface area contributed by atoms with Gasteiger partial charge in [0.25, 0.3) is 5.69 Å². The largest absolute Gasteiger partial charge is 0.458 e. The summed E-state index contributed by atoms with van der Waals surface area (Å²) in [7, 11) is 3.60. The van der Waals surface area contributed by atoms with Gasteiger partial charge in [-0.1, -0.05) is 12.1 Å². The van der Waals surface area contributed by atoms with E-state index in [-0.39, 0.29) is 24.3 Å². The molecule has 9 nitrogen and oxygen atoms in total. The molecule has 1 saturated heterocycles. The maximum atomic E-state index is 12.6. The van der Waals surface area contributed by atoms with Gasteiger partial charge in [-0.3, -0.25) is 10.1 Å². The SMILES string of the molecule is CN(C)c1ccccc1C(=O)OCC1(CO)C/C(=C\c2ccc([N+](=O)[O-])cc2)C(=O)O1. The van der Waals surface area contributed by atoms with E-state index < -0.39 is 29.1 Å². The molecular formula is C22H22N2O7. The summed E-state index contributed by atoms with van der Waals surface area (Å²) >= 11 is 0. The molecule has 0 amide bonds. The molecule has 31 heavy (non-hydrogen) atoms. The van der Waals surface area contributed by atoms with Crippen molar-refractivity contribution in [2.24, 2.45) is 0 Å². The molecule has 0 radical (unpaired) electrons. The standard InChI is InChI=1S/C22H22N2O7/c1-23(2)19-6-4-3-5-18(19)21(27)30-14-22(13-25)12-16(20(26)31-22)11-15-7-9-17(10-8-15)24(28)29/h3-11,25H,12-14H2,1-2H3/b16-11+. The number of aliphatic hydroxyl groups excluding tert-OH is 1. The number of esters is 2. The van der Waals surface area contributed by atoms with E-state index in [4.69, 9.17) is 9.47 Å². The zero-order chi connectivity index (χ0) is 22.6. The van der Waals surface area contributed by atoms with Crippen molar-refractivity contribution in [1.29, 1.82) is 0 Å². The van der Waals surface area contributed by atoms with Crippen LogP contribution in [0.5, 0.6) is 0 Å². The third-order valence-electron chi connectivity index (χ3n) is 4.89. The maximum absolute atomic E-state index is 12.6. The summed E-state index contributed by atoms with van der Waals surface area (Å²) < 4.78 is 10.7. The van der Waals surface area contributed by atoms with E-state index in [1.54, 1.807) is 43.3 Å². The van der Waals surface area contributed by atoms with Gasteiger partial charge in [-0.2, -0.15) is 0 Å². The van der Waals surface area contributed by atoms with Crippen LogP contribution in [0.1, 0.15) is 22.3 Å². The maximum Gasteiger partial charge on any atom is 0.340 e. The number of para-hydroxylation sites is 1. The first-order chi connectivity index (χ1) is 14.7. The number of anilines is 1. The molecule has 0 bridgehead atoms. The number of cyclic esters (lactones) is 1. The van der Waals surface area contributed by atoms with Gasteiger partial charge in [-0.15, -0.1) is 0 Å². The van der Waals surface area contributed by atoms with Gasteiger partial charge in [-0.05, 0) is 35.9 Å². The normalized spacial score (nSPS) is 19.2. The van der Waals surface area contributed by atoms with E-state index in [1.165, 1.54) is 30.3 Å². The Bertz CT molecular complexity index is 1030. The van der Waals surface area contributed by atoms with Crippen molar-refractivity contribution in [2.45, 2.75) is 12.0 Å². The average Bonchev–Trinajstić information content (AvgIpc) is 3.08. The number of aliphatic hydroxyl groups is 1. The van der Waals surface area contributed by atoms with Crippen LogP contribution in [-0.4, -0.2) is 54.9 Å². The fraction of sp³-hybridized carbons (Fsp3) is 0.273. The van der Waals surface area contributed by atoms with E-state index in [0.29, 0.717) is 16.8 Å². The molecule has 0 aliphatic carbocycles. The van der Waals surface area contributed by atoms with Crippen LogP contribution < -0.4 is 4.90 Å². The molecule has 2 aromatic carbocycles. The first kappa shape index (κ1) is 22.0. The zero-order valence-electron chi connectivity index (χ0n) is 17.1. The van der Waals surface area contributed by atoms with Gasteiger partial charge in [0.05, 0.1) is 22.8 Å². The predicted molar refractivity (Wildman–Crippen MR) is 113 cm³/mol. The van der Waals surface area contributed by atoms with Crippen molar-refractivity contribution < 1.29 is 29.1 Å². The number of hydrogen-bond donors (Lipinski definition) is 1. The van der Waals surface area contributed by atoms with Crippen LogP contribution in [0.15, 0.2) is 54.1 Å². The lowest BCUT2D eigenvalue weighted by Gasteiger charge is -2.24. The van der Waals surface area contributed by atoms with Crippen LogP contribution >= 0.6 is 0 Å². The molecule has 1 N–H and O–H groups in total. The smallest absolute Gasteiger partial charge is 0.340 e. The Kier molecular flexibility index (Phi) is 6.36. The zero-order valence-corrected chi connectivity index (χ0v) is 17.1. The molecule has 1 aliphatic heterocycles. The monoisotopic (exact) mass is 426 g/mol. The number of carbonyl (C=O) groups excluding carboxylic acids is 2. The van der Waals surface area contributed by atoms with Gasteiger partial charge in [0.2, 0.25) is 0 Å². The van der Waals surface area contributed by atoms with Crippen molar-refractivity contribution in [2.75, 3.05) is 32.2 Å². The lowest BCUT2D eigenvalue weighted by atomic mass is 9.98. The molecule has 9 heteroatoms. The van der Waals surface area contributed by atoms with Gasteiger partial charge in [0, 0.05) is 38.2 Å². The van der Waals surface area contributed by atoms with Crippen LogP contribution in [-0.2, 0) is 14.3 Å². The van der Waals surface area contributed by atoms with E-state index in [0.717, 1.165) is 0 Å². The van der Waals surface area contributed by atoms with E-state index in [9.17, 15) is 24.8 Å². The minimum atomic E-state index is -1.38. The summed E-state index contributed by atoms with van der Waals surface area (Å²) in [6.07, 6.45) is 1.56. The quantitative estimate of drug-likeness (QED) is 0.311. The highest BCUT2D eigenvalue weighted by molar-refractivity contribution is 5.97. The fourth-order valence-corrected chi connectivity index (χ4v) is 3.25. The summed E-state index contributed by atoms with van der Waals surface area (Å²) in [5.41, 5.74) is 0.424. The number of benzene rings is 2. The molecule has 3 rings (SSSR count). The summed E-state index contributed by atoms with van der Waals surface area (Å²) in [6, 6.07) is 12.6. The van der Waals surface area contributed by atoms with Gasteiger partial charge in [0.15, 0.2) is 5.60 Å². The minimum absolute atomic E-state index is 0.0297. The number of nitro benzene ring substituents is 1. The Morgan fingerprint density at radius 2 is 1.94 bits per heavy atom. The van der Waals surface area contributed by atoms with Gasteiger partial charge in [-0.25, -0.2) is 9.59 Å². The Labute approximate surface area is 178 Å². The second kappa shape index (κ2) is 8.97. The van der Waals surface area contributed by atoms with Gasteiger partial charge < -0.3 is 19.5 Å². The van der Waals surface area contributed by atoms with Crippen molar-refractivity contribution in [3.63, 3.8) is 0 Å². The van der Waals surface area contributed by atoms with Gasteiger partial charge in [0.1, 0.15) is 6.61 Å². The van der Waals surface area contributed by atoms with Crippen molar-refractivity contribution in [3.05, 3.63) is 75.3 Å². The third-order valence-corrected chi connectivity index (χ3v) is 4.89. The second-order valence-corrected chi connectivity index (χ2v) is 7.41. The molecule has 1 unspecified atom stereocenters. The second-order valence-electron chi connectivity index (χ2n) is 7.41. The average molecular weight is 426 g/mol. The highest BCUT2D eigenvalue weighted by atomic mass is 16.6. The third kappa shape index (κ3) is 4.89. The summed E-state index contributed by atoms with van der Waals surface area (Å²) in [5, 5.41) is 20.6. The van der Waals surface area contributed by atoms with Crippen LogP contribution in [0, 0.1) is 10.1 Å². The van der Waals surface area contributed by atoms with Gasteiger partial charge >= 0.3 is 11.9 Å². The lowest BCUT2D eigenvalue weighted by Crippen LogP contribution is -2.39. The lowest BCUT2D eigenvalue weighted by molar-refractivity contribution is -0.384. The molecule has 0 spiro atoms. The topological polar surface area (TPSA) is 119 Å². The number of nitrogens with zero attached hydrogens (tertiary/aromatic N) is 2. The molecule has 2 aromatic rings. The summed E-state index contributed by atoms with van der Waals surface area (Å²) in [5.74, 6) is -1.24. The number of rotatable bonds is 7. The van der Waals surface area contributed by atoms with E-state index in [1.807, 2.05) is 0 Å². The predicted octanol–water partition coefficient (Wildman–Crippen LogP) is 2.58. The van der Waals surface area contributed by atoms with Crippen LogP contribution in [0.2, 0.25) is 0 Å². The van der Waals surface area contributed by atoms with Crippen molar-refractivity contribution >= 4 is 29.4 Å². The molecule has 0 aromatic heterocycles. The van der Waals surface area contributed by atoms with Crippen LogP contribution in [0.4, 0.5) is 11.4 Å². The minimum Gasteiger partial charge on any atom is -0.458 e.